The minimum atomic E-state index is -4.01. The highest BCUT2D eigenvalue weighted by Gasteiger charge is 2.51. The van der Waals surface area contributed by atoms with Crippen molar-refractivity contribution in [3.63, 3.8) is 0 Å². The zero-order chi connectivity index (χ0) is 28.1. The van der Waals surface area contributed by atoms with E-state index < -0.39 is 18.3 Å². The van der Waals surface area contributed by atoms with E-state index in [0.717, 1.165) is 32.1 Å². The van der Waals surface area contributed by atoms with E-state index in [9.17, 15) is 22.4 Å². The number of halogens is 4. The van der Waals surface area contributed by atoms with Crippen LogP contribution < -0.4 is 0 Å². The average Bonchev–Trinajstić information content (AvgIpc) is 2.95. The zero-order valence-electron chi connectivity index (χ0n) is 22.3. The van der Waals surface area contributed by atoms with E-state index in [1.165, 1.54) is 14.7 Å². The Bertz CT molecular complexity index is 1010. The first-order valence-electron chi connectivity index (χ1n) is 13.5. The van der Waals surface area contributed by atoms with Crippen LogP contribution in [0, 0.1) is 5.92 Å². The Morgan fingerprint density at radius 2 is 1.18 bits per heavy atom. The number of esters is 1. The van der Waals surface area contributed by atoms with Gasteiger partial charge in [-0.05, 0) is 62.1 Å². The van der Waals surface area contributed by atoms with Crippen molar-refractivity contribution in [3.8, 4) is 0 Å². The molecule has 0 N–H and O–H groups in total. The number of benzene rings is 3. The van der Waals surface area contributed by atoms with Crippen LogP contribution in [0.3, 0.4) is 0 Å². The summed E-state index contributed by atoms with van der Waals surface area (Å²) in [6.07, 6.45) is 3.99. The van der Waals surface area contributed by atoms with Crippen molar-refractivity contribution in [2.75, 3.05) is 6.61 Å². The van der Waals surface area contributed by atoms with Crippen LogP contribution in [0.15, 0.2) is 106 Å². The van der Waals surface area contributed by atoms with Crippen LogP contribution in [0.5, 0.6) is 0 Å². The van der Waals surface area contributed by atoms with E-state index >= 15 is 0 Å². The van der Waals surface area contributed by atoms with Crippen LogP contribution in [-0.2, 0) is 20.4 Å². The van der Waals surface area contributed by atoms with Gasteiger partial charge in [-0.3, -0.25) is 4.79 Å². The van der Waals surface area contributed by atoms with Crippen molar-refractivity contribution in [2.24, 2.45) is 5.92 Å². The van der Waals surface area contributed by atoms with Crippen molar-refractivity contribution in [1.29, 1.82) is 0 Å². The van der Waals surface area contributed by atoms with Gasteiger partial charge >= 0.3 is 17.8 Å². The second-order valence-corrected chi connectivity index (χ2v) is 11.8. The molecule has 3 aromatic carbocycles. The molecule has 0 aromatic heterocycles. The minimum Gasteiger partial charge on any atom is -0.465 e. The molecule has 1 aliphatic carbocycles. The average molecular weight is 562 g/mol. The summed E-state index contributed by atoms with van der Waals surface area (Å²) in [6, 6.07) is 32.2. The molecule has 1 aliphatic rings. The highest BCUT2D eigenvalue weighted by molar-refractivity contribution is 7.97. The van der Waals surface area contributed by atoms with Crippen LogP contribution in [-0.4, -0.2) is 24.4 Å². The van der Waals surface area contributed by atoms with E-state index in [0.29, 0.717) is 0 Å². The maximum atomic E-state index is 12.9. The van der Waals surface area contributed by atoms with Gasteiger partial charge in [0, 0.05) is 13.3 Å². The number of hydrogen-bond acceptors (Lipinski definition) is 2. The second-order valence-electron chi connectivity index (χ2n) is 9.80. The third kappa shape index (κ3) is 9.71. The smallest absolute Gasteiger partial charge is 0.309 e. The Morgan fingerprint density at radius 1 is 0.744 bits per heavy atom. The molecular weight excluding hydrogens is 524 g/mol. The predicted octanol–water partition coefficient (Wildman–Crippen LogP) is 9.35. The molecule has 0 amide bonds. The van der Waals surface area contributed by atoms with E-state index in [1.807, 2.05) is 0 Å². The Kier molecular flexibility index (Phi) is 11.9. The highest BCUT2D eigenvalue weighted by Crippen LogP contribution is 2.37. The van der Waals surface area contributed by atoms with Gasteiger partial charge in [0.1, 0.15) is 0 Å². The molecule has 0 saturated heterocycles. The molecule has 4 rings (SSSR count). The Balaban J connectivity index is 0.000000216. The van der Waals surface area contributed by atoms with Gasteiger partial charge < -0.3 is 4.74 Å². The molecular formula is C32H37F4O2S+. The Labute approximate surface area is 232 Å². The summed E-state index contributed by atoms with van der Waals surface area (Å²) < 4.78 is 56.0. The van der Waals surface area contributed by atoms with E-state index in [1.54, 1.807) is 0 Å². The SMILES string of the molecule is CC(F)(F)C(F)(F)CCCCOC(=O)C1CCCCC1.c1ccc([S+](c2ccccc2)c2ccccc2)cc1. The maximum absolute atomic E-state index is 12.9. The topological polar surface area (TPSA) is 26.3 Å². The highest BCUT2D eigenvalue weighted by atomic mass is 32.2. The molecule has 1 saturated carbocycles. The van der Waals surface area contributed by atoms with E-state index in [-0.39, 0.29) is 49.2 Å². The number of carbonyl (C=O) groups excluding carboxylic acids is 1. The zero-order valence-corrected chi connectivity index (χ0v) is 23.2. The predicted molar refractivity (Wildman–Crippen MR) is 148 cm³/mol. The first-order chi connectivity index (χ1) is 18.7. The Hall–Kier alpha value is -2.80. The first kappa shape index (κ1) is 30.7. The van der Waals surface area contributed by atoms with Crippen LogP contribution in [0.4, 0.5) is 17.6 Å². The van der Waals surface area contributed by atoms with Crippen molar-refractivity contribution in [1.82, 2.24) is 0 Å². The molecule has 7 heteroatoms. The largest absolute Gasteiger partial charge is 0.465 e. The summed E-state index contributed by atoms with van der Waals surface area (Å²) in [7, 11) is -0.0146. The van der Waals surface area contributed by atoms with Crippen LogP contribution >= 0.6 is 0 Å². The number of ether oxygens (including phenoxy) is 1. The standard InChI is InChI=1S/C18H15S.C14H22F4O2/c1-4-10-16(11-5-1)19(17-12-6-2-7-13-17)18-14-8-3-9-15-18;1-13(15,16)14(17,18)9-5-6-10-20-12(19)11-7-3-2-4-8-11/h1-15H;11H,2-10H2,1H3/q+1;. The molecule has 1 fully saturated rings. The summed E-state index contributed by atoms with van der Waals surface area (Å²) >= 11 is 0. The van der Waals surface area contributed by atoms with Gasteiger partial charge in [-0.15, -0.1) is 0 Å². The van der Waals surface area contributed by atoms with Crippen molar-refractivity contribution in [3.05, 3.63) is 91.0 Å². The fraction of sp³-hybridized carbons (Fsp3) is 0.406. The molecule has 210 valence electrons. The maximum Gasteiger partial charge on any atom is 0.309 e. The van der Waals surface area contributed by atoms with Crippen molar-refractivity contribution < 1.29 is 27.1 Å². The molecule has 39 heavy (non-hydrogen) atoms. The monoisotopic (exact) mass is 561 g/mol. The molecule has 0 radical (unpaired) electrons. The summed E-state index contributed by atoms with van der Waals surface area (Å²) in [6.45, 7) is 0.247. The van der Waals surface area contributed by atoms with Gasteiger partial charge in [0.05, 0.1) is 23.4 Å². The number of hydrogen-bond donors (Lipinski definition) is 0. The van der Waals surface area contributed by atoms with E-state index in [4.69, 9.17) is 4.74 Å². The van der Waals surface area contributed by atoms with Crippen LogP contribution in [0.25, 0.3) is 0 Å². The fourth-order valence-electron chi connectivity index (χ4n) is 4.38. The quantitative estimate of drug-likeness (QED) is 0.107. The van der Waals surface area contributed by atoms with Gasteiger partial charge in [-0.2, -0.15) is 8.78 Å². The molecule has 0 spiro atoms. The number of alkyl halides is 4. The van der Waals surface area contributed by atoms with Gasteiger partial charge in [-0.25, -0.2) is 8.78 Å². The minimum absolute atomic E-state index is 0.0146. The normalized spacial score (nSPS) is 14.4. The van der Waals surface area contributed by atoms with Crippen molar-refractivity contribution >= 4 is 16.9 Å². The number of carbonyl (C=O) groups is 1. The molecule has 3 aromatic rings. The molecule has 0 atom stereocenters. The first-order valence-corrected chi connectivity index (χ1v) is 14.7. The van der Waals surface area contributed by atoms with Crippen LogP contribution in [0.1, 0.15) is 58.3 Å². The van der Waals surface area contributed by atoms with Gasteiger partial charge in [0.2, 0.25) is 0 Å². The molecule has 0 unspecified atom stereocenters. The summed E-state index contributed by atoms with van der Waals surface area (Å²) in [5, 5.41) is 0. The van der Waals surface area contributed by atoms with E-state index in [2.05, 4.69) is 91.0 Å². The molecule has 0 heterocycles. The summed E-state index contributed by atoms with van der Waals surface area (Å²) in [5.41, 5.74) is 0. The lowest BCUT2D eigenvalue weighted by atomic mass is 9.89. The summed E-state index contributed by atoms with van der Waals surface area (Å²) in [5.74, 6) is -8.37. The lowest BCUT2D eigenvalue weighted by molar-refractivity contribution is -0.201. The fourth-order valence-corrected chi connectivity index (χ4v) is 6.48. The van der Waals surface area contributed by atoms with Gasteiger partial charge in [0.15, 0.2) is 14.7 Å². The van der Waals surface area contributed by atoms with Gasteiger partial charge in [-0.1, -0.05) is 73.9 Å². The third-order valence-electron chi connectivity index (χ3n) is 6.65. The second kappa shape index (κ2) is 15.1. The van der Waals surface area contributed by atoms with Crippen LogP contribution in [0.2, 0.25) is 0 Å². The Morgan fingerprint density at radius 3 is 1.59 bits per heavy atom. The third-order valence-corrected chi connectivity index (χ3v) is 8.88. The van der Waals surface area contributed by atoms with Crippen molar-refractivity contribution in [2.45, 2.75) is 84.8 Å². The van der Waals surface area contributed by atoms with Gasteiger partial charge in [0.25, 0.3) is 0 Å². The molecule has 0 bridgehead atoms. The summed E-state index contributed by atoms with van der Waals surface area (Å²) in [4.78, 5) is 15.7. The number of rotatable bonds is 10. The lowest BCUT2D eigenvalue weighted by Crippen LogP contribution is -2.37. The lowest BCUT2D eigenvalue weighted by Gasteiger charge is -2.23. The number of unbranched alkanes of at least 4 members (excludes halogenated alkanes) is 1. The molecule has 0 aliphatic heterocycles. The molecule has 2 nitrogen and oxygen atoms in total.